The van der Waals surface area contributed by atoms with E-state index >= 15 is 4.39 Å². The molecule has 2 aliphatic rings. The summed E-state index contributed by atoms with van der Waals surface area (Å²) in [7, 11) is 0. The van der Waals surface area contributed by atoms with Crippen molar-refractivity contribution < 1.29 is 9.18 Å². The lowest BCUT2D eigenvalue weighted by molar-refractivity contribution is -0.112. The molecule has 174 valence electrons. The second kappa shape index (κ2) is 8.00. The van der Waals surface area contributed by atoms with Gasteiger partial charge in [-0.25, -0.2) is 4.39 Å². The van der Waals surface area contributed by atoms with Crippen molar-refractivity contribution in [1.29, 1.82) is 5.26 Å². The lowest BCUT2D eigenvalue weighted by Crippen LogP contribution is -2.38. The Morgan fingerprint density at radius 1 is 1.03 bits per heavy atom. The van der Waals surface area contributed by atoms with Gasteiger partial charge in [-0.1, -0.05) is 36.4 Å². The minimum atomic E-state index is -0.692. The molecule has 4 aromatic rings. The summed E-state index contributed by atoms with van der Waals surface area (Å²) in [6.07, 6.45) is 3.55. The topological polar surface area (TPSA) is 65.8 Å². The van der Waals surface area contributed by atoms with E-state index < -0.39 is 5.41 Å². The van der Waals surface area contributed by atoms with Crippen LogP contribution in [0.2, 0.25) is 0 Å². The van der Waals surface area contributed by atoms with Crippen LogP contribution in [0.1, 0.15) is 19.4 Å². The molecule has 2 heterocycles. The van der Waals surface area contributed by atoms with Crippen LogP contribution in [-0.2, 0) is 10.2 Å². The number of nitriles is 1. The molecular formula is C31H22FN3O. The van der Waals surface area contributed by atoms with E-state index in [1.807, 2.05) is 49.4 Å². The van der Waals surface area contributed by atoms with Crippen LogP contribution in [0.3, 0.4) is 0 Å². The fraction of sp³-hybridized carbons (Fsp3) is 0.129. The summed E-state index contributed by atoms with van der Waals surface area (Å²) in [4.78, 5) is 17.3. The Bertz CT molecular complexity index is 1700. The normalized spacial score (nSPS) is 18.7. The highest BCUT2D eigenvalue weighted by atomic mass is 19.1. The fourth-order valence-electron chi connectivity index (χ4n) is 5.62. The molecule has 0 radical (unpaired) electrons. The first-order valence-electron chi connectivity index (χ1n) is 11.8. The summed E-state index contributed by atoms with van der Waals surface area (Å²) in [5.74, 6) is -0.547. The molecule has 1 aliphatic heterocycles. The minimum Gasteiger partial charge on any atom is -0.380 e. The van der Waals surface area contributed by atoms with Gasteiger partial charge in [-0.15, -0.1) is 0 Å². The number of carbonyl (C=O) groups is 1. The number of para-hydroxylation sites is 1. The van der Waals surface area contributed by atoms with Crippen LogP contribution in [0.5, 0.6) is 0 Å². The second-order valence-corrected chi connectivity index (χ2v) is 9.46. The molecule has 36 heavy (non-hydrogen) atoms. The number of allylic oxidation sites excluding steroid dienone is 3. The van der Waals surface area contributed by atoms with Crippen molar-refractivity contribution in [2.45, 2.75) is 19.3 Å². The number of hydrogen-bond acceptors (Lipinski definition) is 4. The van der Waals surface area contributed by atoms with E-state index in [1.165, 1.54) is 6.07 Å². The first-order chi connectivity index (χ1) is 17.4. The van der Waals surface area contributed by atoms with E-state index in [1.54, 1.807) is 31.3 Å². The molecule has 0 saturated heterocycles. The third-order valence-electron chi connectivity index (χ3n) is 7.48. The molecule has 3 aromatic carbocycles. The van der Waals surface area contributed by atoms with Gasteiger partial charge in [-0.3, -0.25) is 9.78 Å². The zero-order valence-corrected chi connectivity index (χ0v) is 19.9. The lowest BCUT2D eigenvalue weighted by Gasteiger charge is -2.41. The van der Waals surface area contributed by atoms with E-state index in [0.717, 1.165) is 44.4 Å². The van der Waals surface area contributed by atoms with Crippen molar-refractivity contribution in [3.8, 4) is 28.3 Å². The fourth-order valence-corrected chi connectivity index (χ4v) is 5.62. The van der Waals surface area contributed by atoms with E-state index in [9.17, 15) is 10.1 Å². The summed E-state index contributed by atoms with van der Waals surface area (Å²) in [5.41, 5.74) is 6.66. The highest BCUT2D eigenvalue weighted by Crippen LogP contribution is 2.51. The third-order valence-corrected chi connectivity index (χ3v) is 7.48. The maximum Gasteiger partial charge on any atom is 0.199 e. The molecule has 1 aliphatic carbocycles. The molecule has 0 amide bonds. The Morgan fingerprint density at radius 3 is 2.61 bits per heavy atom. The maximum absolute atomic E-state index is 15.1. The average Bonchev–Trinajstić information content (AvgIpc) is 2.90. The highest BCUT2D eigenvalue weighted by molar-refractivity contribution is 6.13. The number of rotatable bonds is 2. The van der Waals surface area contributed by atoms with Gasteiger partial charge in [0.1, 0.15) is 11.9 Å². The van der Waals surface area contributed by atoms with Gasteiger partial charge in [0.05, 0.1) is 11.1 Å². The summed E-state index contributed by atoms with van der Waals surface area (Å²) in [6, 6.07) is 22.8. The van der Waals surface area contributed by atoms with Crippen LogP contribution in [0.25, 0.3) is 33.2 Å². The van der Waals surface area contributed by atoms with Gasteiger partial charge in [0.25, 0.3) is 0 Å². The molecule has 1 atom stereocenters. The zero-order chi connectivity index (χ0) is 25.0. The number of ketones is 1. The highest BCUT2D eigenvalue weighted by Gasteiger charge is 2.42. The predicted octanol–water partition coefficient (Wildman–Crippen LogP) is 6.74. The Morgan fingerprint density at radius 2 is 1.81 bits per heavy atom. The Hall–Kier alpha value is -4.56. The van der Waals surface area contributed by atoms with Crippen LogP contribution < -0.4 is 5.32 Å². The van der Waals surface area contributed by atoms with Gasteiger partial charge in [0.2, 0.25) is 0 Å². The van der Waals surface area contributed by atoms with Crippen molar-refractivity contribution in [2.75, 3.05) is 11.9 Å². The lowest BCUT2D eigenvalue weighted by atomic mass is 9.65. The number of carbonyl (C=O) groups excluding carboxylic acids is 1. The largest absolute Gasteiger partial charge is 0.380 e. The Kier molecular flexibility index (Phi) is 4.87. The first kappa shape index (κ1) is 21.9. The molecule has 0 fully saturated rings. The van der Waals surface area contributed by atoms with Gasteiger partial charge in [-0.05, 0) is 78.1 Å². The number of anilines is 1. The Balaban J connectivity index is 1.72. The first-order valence-corrected chi connectivity index (χ1v) is 11.8. The number of pyridine rings is 1. The number of benzene rings is 3. The summed E-state index contributed by atoms with van der Waals surface area (Å²) >= 11 is 0. The molecule has 1 N–H and O–H groups in total. The van der Waals surface area contributed by atoms with Gasteiger partial charge in [-0.2, -0.15) is 5.26 Å². The number of Topliss-reactive ketones (excluding diaryl/α,β-unsaturated/α-hetero) is 1. The number of halogens is 1. The number of nitrogens with zero attached hydrogens (tertiary/aromatic N) is 2. The molecule has 0 unspecified atom stereocenters. The van der Waals surface area contributed by atoms with Crippen LogP contribution in [-0.4, -0.2) is 17.3 Å². The molecular weight excluding hydrogens is 449 g/mol. The Labute approximate surface area is 208 Å². The second-order valence-electron chi connectivity index (χ2n) is 9.46. The van der Waals surface area contributed by atoms with E-state index in [4.69, 9.17) is 0 Å². The number of fused-ring (bicyclic) bond motifs is 4. The number of hydrogen-bond donors (Lipinski definition) is 1. The minimum absolute atomic E-state index is 0.138. The molecule has 4 nitrogen and oxygen atoms in total. The predicted molar refractivity (Wildman–Crippen MR) is 140 cm³/mol. The maximum atomic E-state index is 15.1. The van der Waals surface area contributed by atoms with Crippen molar-refractivity contribution >= 4 is 22.4 Å². The van der Waals surface area contributed by atoms with Gasteiger partial charge >= 0.3 is 0 Å². The van der Waals surface area contributed by atoms with Crippen LogP contribution in [0.4, 0.5) is 10.1 Å². The SMILES string of the molecule is CC1=C2CNc3c(-c4ccccc4F)cc(-c4ccnc5ccccc45)cc3[C@]2(C)C=C(C#N)C1=O. The number of aromatic nitrogens is 1. The van der Waals surface area contributed by atoms with Crippen molar-refractivity contribution in [2.24, 2.45) is 0 Å². The van der Waals surface area contributed by atoms with Crippen LogP contribution in [0, 0.1) is 17.1 Å². The number of nitrogens with one attached hydrogen (secondary N) is 1. The third kappa shape index (κ3) is 3.11. The van der Waals surface area contributed by atoms with E-state index in [-0.39, 0.29) is 17.2 Å². The monoisotopic (exact) mass is 471 g/mol. The summed E-state index contributed by atoms with van der Waals surface area (Å²) in [5, 5.41) is 14.2. The molecule has 0 spiro atoms. The van der Waals surface area contributed by atoms with Crippen molar-refractivity contribution in [3.05, 3.63) is 107 Å². The quantitative estimate of drug-likeness (QED) is 0.352. The average molecular weight is 472 g/mol. The van der Waals surface area contributed by atoms with E-state index in [0.29, 0.717) is 17.7 Å². The standard InChI is InChI=1S/C31H22FN3O/c1-18-26-17-35-29-24(22-7-3-5-9-27(22)32)13-19(21-11-12-34-28-10-6-4-8-23(21)28)14-25(29)31(26,2)15-20(16-33)30(18)36/h3-15,35H,17H2,1-2H3/t31-/m0/s1. The smallest absolute Gasteiger partial charge is 0.199 e. The molecule has 0 bridgehead atoms. The summed E-state index contributed by atoms with van der Waals surface area (Å²) in [6.45, 7) is 4.26. The molecule has 1 aromatic heterocycles. The molecule has 6 rings (SSSR count). The molecule has 5 heteroatoms. The van der Waals surface area contributed by atoms with Gasteiger partial charge in [0.15, 0.2) is 5.78 Å². The summed E-state index contributed by atoms with van der Waals surface area (Å²) < 4.78 is 15.1. The van der Waals surface area contributed by atoms with Gasteiger partial charge in [0, 0.05) is 40.4 Å². The zero-order valence-electron chi connectivity index (χ0n) is 19.9. The van der Waals surface area contributed by atoms with Crippen LogP contribution in [0.15, 0.2) is 95.7 Å². The van der Waals surface area contributed by atoms with Crippen molar-refractivity contribution in [3.63, 3.8) is 0 Å². The van der Waals surface area contributed by atoms with Crippen LogP contribution >= 0.6 is 0 Å². The van der Waals surface area contributed by atoms with E-state index in [2.05, 4.69) is 22.4 Å². The van der Waals surface area contributed by atoms with Gasteiger partial charge < -0.3 is 5.32 Å². The van der Waals surface area contributed by atoms with Crippen molar-refractivity contribution in [1.82, 2.24) is 4.98 Å². The molecule has 0 saturated carbocycles.